The number of nitrogens with zero attached hydrogens (tertiary/aromatic N) is 3. The van der Waals surface area contributed by atoms with Crippen LogP contribution in [0.4, 0.5) is 11.6 Å². The first-order valence-electron chi connectivity index (χ1n) is 6.39. The number of nitrogens with one attached hydrogen (secondary N) is 1. The maximum absolute atomic E-state index is 5.64. The second-order valence-corrected chi connectivity index (χ2v) is 5.05. The van der Waals surface area contributed by atoms with E-state index in [-0.39, 0.29) is 4.99 Å². The van der Waals surface area contributed by atoms with Crippen LogP contribution < -0.4 is 11.1 Å². The Morgan fingerprint density at radius 1 is 1.24 bits per heavy atom. The standard InChI is InChI=1S/C15H13N5S/c1-9-7-13(14(16)21)20-15(18-9)19-12-4-2-3-10-8-17-6-5-11(10)12/h2-8H,1H3,(H2,16,21)(H,18,19,20). The molecule has 0 aliphatic rings. The van der Waals surface area contributed by atoms with Crippen LogP contribution in [-0.4, -0.2) is 19.9 Å². The quantitative estimate of drug-likeness (QED) is 0.724. The molecule has 0 amide bonds. The lowest BCUT2D eigenvalue weighted by molar-refractivity contribution is 1.10. The van der Waals surface area contributed by atoms with Crippen molar-refractivity contribution in [1.82, 2.24) is 15.0 Å². The van der Waals surface area contributed by atoms with E-state index in [1.165, 1.54) is 0 Å². The summed E-state index contributed by atoms with van der Waals surface area (Å²) >= 11 is 4.97. The third kappa shape index (κ3) is 2.80. The summed E-state index contributed by atoms with van der Waals surface area (Å²) in [6, 6.07) is 9.64. The molecule has 3 aromatic rings. The van der Waals surface area contributed by atoms with Gasteiger partial charge < -0.3 is 11.1 Å². The number of rotatable bonds is 3. The van der Waals surface area contributed by atoms with E-state index >= 15 is 0 Å². The van der Waals surface area contributed by atoms with Gasteiger partial charge >= 0.3 is 0 Å². The zero-order valence-corrected chi connectivity index (χ0v) is 12.2. The Balaban J connectivity index is 2.05. The SMILES string of the molecule is Cc1cc(C(N)=S)nc(Nc2cccc3cnccc23)n1. The van der Waals surface area contributed by atoms with Gasteiger partial charge in [0.05, 0.1) is 0 Å². The number of pyridine rings is 1. The molecule has 0 saturated carbocycles. The maximum Gasteiger partial charge on any atom is 0.228 e. The first-order valence-corrected chi connectivity index (χ1v) is 6.79. The normalized spacial score (nSPS) is 10.5. The van der Waals surface area contributed by atoms with Crippen molar-refractivity contribution in [3.8, 4) is 0 Å². The molecule has 0 aliphatic heterocycles. The smallest absolute Gasteiger partial charge is 0.228 e. The molecule has 3 N–H and O–H groups in total. The average Bonchev–Trinajstić information content (AvgIpc) is 2.47. The van der Waals surface area contributed by atoms with Crippen LogP contribution in [0.15, 0.2) is 42.7 Å². The van der Waals surface area contributed by atoms with E-state index in [0.717, 1.165) is 22.2 Å². The van der Waals surface area contributed by atoms with Crippen LogP contribution in [0.3, 0.4) is 0 Å². The van der Waals surface area contributed by atoms with Gasteiger partial charge in [-0.2, -0.15) is 0 Å². The van der Waals surface area contributed by atoms with Gasteiger partial charge in [-0.15, -0.1) is 0 Å². The van der Waals surface area contributed by atoms with E-state index in [9.17, 15) is 0 Å². The summed E-state index contributed by atoms with van der Waals surface area (Å²) in [6.07, 6.45) is 3.57. The van der Waals surface area contributed by atoms with E-state index in [2.05, 4.69) is 20.3 Å². The molecule has 0 aliphatic carbocycles. The van der Waals surface area contributed by atoms with E-state index in [1.54, 1.807) is 12.3 Å². The van der Waals surface area contributed by atoms with Crippen molar-refractivity contribution in [2.45, 2.75) is 6.92 Å². The zero-order valence-electron chi connectivity index (χ0n) is 11.4. The molecule has 2 aromatic heterocycles. The van der Waals surface area contributed by atoms with Crippen molar-refractivity contribution in [3.05, 3.63) is 54.1 Å². The molecule has 0 saturated heterocycles. The topological polar surface area (TPSA) is 76.7 Å². The second-order valence-electron chi connectivity index (χ2n) is 4.61. The minimum absolute atomic E-state index is 0.255. The third-order valence-corrected chi connectivity index (χ3v) is 3.24. The molecule has 5 nitrogen and oxygen atoms in total. The van der Waals surface area contributed by atoms with E-state index < -0.39 is 0 Å². The Labute approximate surface area is 127 Å². The molecule has 21 heavy (non-hydrogen) atoms. The number of anilines is 2. The van der Waals surface area contributed by atoms with Crippen LogP contribution in [-0.2, 0) is 0 Å². The highest BCUT2D eigenvalue weighted by Gasteiger charge is 2.07. The van der Waals surface area contributed by atoms with Crippen LogP contribution >= 0.6 is 12.2 Å². The summed E-state index contributed by atoms with van der Waals surface area (Å²) in [6.45, 7) is 1.88. The van der Waals surface area contributed by atoms with Gasteiger partial charge in [0.1, 0.15) is 10.7 Å². The lowest BCUT2D eigenvalue weighted by Crippen LogP contribution is -2.13. The van der Waals surface area contributed by atoms with Gasteiger partial charge in [0.2, 0.25) is 5.95 Å². The van der Waals surface area contributed by atoms with Gasteiger partial charge in [0, 0.05) is 34.5 Å². The minimum Gasteiger partial charge on any atom is -0.388 e. The molecule has 3 rings (SSSR count). The van der Waals surface area contributed by atoms with Gasteiger partial charge in [0.25, 0.3) is 0 Å². The highest BCUT2D eigenvalue weighted by molar-refractivity contribution is 7.80. The van der Waals surface area contributed by atoms with Crippen molar-refractivity contribution in [2.75, 3.05) is 5.32 Å². The summed E-state index contributed by atoms with van der Waals surface area (Å²) in [5, 5.41) is 5.31. The number of thiocarbonyl (C=S) groups is 1. The fourth-order valence-electron chi connectivity index (χ4n) is 2.10. The van der Waals surface area contributed by atoms with Crippen molar-refractivity contribution in [2.24, 2.45) is 5.73 Å². The summed E-state index contributed by atoms with van der Waals surface area (Å²) in [7, 11) is 0. The summed E-state index contributed by atoms with van der Waals surface area (Å²) < 4.78 is 0. The van der Waals surface area contributed by atoms with Crippen LogP contribution in [0.1, 0.15) is 11.4 Å². The lowest BCUT2D eigenvalue weighted by atomic mass is 10.1. The second kappa shape index (κ2) is 5.41. The molecule has 6 heteroatoms. The van der Waals surface area contributed by atoms with Crippen LogP contribution in [0.2, 0.25) is 0 Å². The van der Waals surface area contributed by atoms with E-state index in [0.29, 0.717) is 11.6 Å². The fraction of sp³-hybridized carbons (Fsp3) is 0.0667. The summed E-state index contributed by atoms with van der Waals surface area (Å²) in [5.41, 5.74) is 7.91. The molecule has 0 fully saturated rings. The molecule has 1 aromatic carbocycles. The van der Waals surface area contributed by atoms with Gasteiger partial charge in [-0.3, -0.25) is 4.98 Å². The first kappa shape index (κ1) is 13.4. The average molecular weight is 295 g/mol. The molecule has 0 unspecified atom stereocenters. The Bertz CT molecular complexity index is 826. The van der Waals surface area contributed by atoms with Crippen molar-refractivity contribution in [1.29, 1.82) is 0 Å². The predicted molar refractivity (Wildman–Crippen MR) is 87.7 cm³/mol. The third-order valence-electron chi connectivity index (χ3n) is 3.03. The number of aromatic nitrogens is 3. The van der Waals surface area contributed by atoms with Gasteiger partial charge in [-0.05, 0) is 25.1 Å². The highest BCUT2D eigenvalue weighted by Crippen LogP contribution is 2.24. The molecule has 104 valence electrons. The number of hydrogen-bond acceptors (Lipinski definition) is 5. The number of benzene rings is 1. The molecule has 0 spiro atoms. The zero-order chi connectivity index (χ0) is 14.8. The lowest BCUT2D eigenvalue weighted by Gasteiger charge is -2.10. The molecule has 2 heterocycles. The maximum atomic E-state index is 5.64. The minimum atomic E-state index is 0.255. The molecular formula is C15H13N5S. The molecule has 0 radical (unpaired) electrons. The molecule has 0 atom stereocenters. The first-order chi connectivity index (χ1) is 10.1. The molecule has 0 bridgehead atoms. The van der Waals surface area contributed by atoms with Gasteiger partial charge in [-0.25, -0.2) is 9.97 Å². The Morgan fingerprint density at radius 2 is 2.10 bits per heavy atom. The monoisotopic (exact) mass is 295 g/mol. The number of aryl methyl sites for hydroxylation is 1. The van der Waals surface area contributed by atoms with Crippen LogP contribution in [0, 0.1) is 6.92 Å². The Hall–Kier alpha value is -2.60. The highest BCUT2D eigenvalue weighted by atomic mass is 32.1. The van der Waals surface area contributed by atoms with Gasteiger partial charge in [-0.1, -0.05) is 24.4 Å². The number of hydrogen-bond donors (Lipinski definition) is 2. The largest absolute Gasteiger partial charge is 0.388 e. The van der Waals surface area contributed by atoms with E-state index in [4.69, 9.17) is 18.0 Å². The Morgan fingerprint density at radius 3 is 2.90 bits per heavy atom. The van der Waals surface area contributed by atoms with Crippen molar-refractivity contribution in [3.63, 3.8) is 0 Å². The van der Waals surface area contributed by atoms with E-state index in [1.807, 2.05) is 37.4 Å². The van der Waals surface area contributed by atoms with Crippen LogP contribution in [0.5, 0.6) is 0 Å². The van der Waals surface area contributed by atoms with Crippen molar-refractivity contribution >= 4 is 39.6 Å². The molecular weight excluding hydrogens is 282 g/mol. The predicted octanol–water partition coefficient (Wildman–Crippen LogP) is 2.71. The van der Waals surface area contributed by atoms with Crippen LogP contribution in [0.25, 0.3) is 10.8 Å². The number of fused-ring (bicyclic) bond motifs is 1. The summed E-state index contributed by atoms with van der Waals surface area (Å²) in [4.78, 5) is 13.1. The summed E-state index contributed by atoms with van der Waals surface area (Å²) in [5.74, 6) is 0.474. The fourth-order valence-corrected chi connectivity index (χ4v) is 2.21. The van der Waals surface area contributed by atoms with Gasteiger partial charge in [0.15, 0.2) is 0 Å². The Kier molecular flexibility index (Phi) is 3.45. The van der Waals surface area contributed by atoms with Crippen molar-refractivity contribution < 1.29 is 0 Å². The number of nitrogens with two attached hydrogens (primary N) is 1.